The first kappa shape index (κ1) is 68.3. The molecule has 0 aliphatic heterocycles. The molecule has 0 aliphatic rings. The van der Waals surface area contributed by atoms with Gasteiger partial charge in [0.25, 0.3) is 0 Å². The molecule has 0 aliphatic carbocycles. The number of unbranched alkanes of at least 4 members (excludes halogenated alkanes) is 27. The van der Waals surface area contributed by atoms with E-state index in [-0.39, 0.29) is 31.1 Å². The maximum absolute atomic E-state index is 12.9. The summed E-state index contributed by atoms with van der Waals surface area (Å²) in [6.45, 7) is 6.49. The van der Waals surface area contributed by atoms with E-state index in [0.717, 1.165) is 116 Å². The highest BCUT2D eigenvalue weighted by Gasteiger charge is 2.19. The Morgan fingerprint density at radius 1 is 0.292 bits per heavy atom. The summed E-state index contributed by atoms with van der Waals surface area (Å²) < 4.78 is 16.9. The van der Waals surface area contributed by atoms with Gasteiger partial charge in [0, 0.05) is 19.3 Å². The number of carbonyl (C=O) groups excluding carboxylic acids is 3. The van der Waals surface area contributed by atoms with Crippen molar-refractivity contribution < 1.29 is 28.6 Å². The molecular weight excluding hydrogens is 889 g/mol. The second-order valence-electron chi connectivity index (χ2n) is 19.9. The van der Waals surface area contributed by atoms with Gasteiger partial charge >= 0.3 is 17.9 Å². The highest BCUT2D eigenvalue weighted by molar-refractivity contribution is 5.71. The van der Waals surface area contributed by atoms with E-state index in [1.54, 1.807) is 0 Å². The Balaban J connectivity index is 4.36. The average Bonchev–Trinajstić information content (AvgIpc) is 3.38. The van der Waals surface area contributed by atoms with Crippen molar-refractivity contribution in [2.75, 3.05) is 13.2 Å². The van der Waals surface area contributed by atoms with Crippen molar-refractivity contribution in [3.05, 3.63) is 97.2 Å². The summed E-state index contributed by atoms with van der Waals surface area (Å²) in [5, 5.41) is 0. The van der Waals surface area contributed by atoms with Crippen molar-refractivity contribution >= 4 is 17.9 Å². The molecule has 72 heavy (non-hydrogen) atoms. The molecular formula is C66H112O6. The molecule has 0 spiro atoms. The van der Waals surface area contributed by atoms with Crippen LogP contribution in [0.5, 0.6) is 0 Å². The molecule has 1 unspecified atom stereocenters. The number of rotatable bonds is 54. The van der Waals surface area contributed by atoms with E-state index in [1.807, 2.05) is 0 Å². The molecule has 1 atom stereocenters. The van der Waals surface area contributed by atoms with Gasteiger partial charge in [-0.2, -0.15) is 0 Å². The molecule has 0 bridgehead atoms. The zero-order valence-corrected chi connectivity index (χ0v) is 47.2. The molecule has 6 nitrogen and oxygen atoms in total. The fourth-order valence-corrected chi connectivity index (χ4v) is 8.30. The van der Waals surface area contributed by atoms with Gasteiger partial charge in [0.15, 0.2) is 6.10 Å². The first-order valence-corrected chi connectivity index (χ1v) is 30.2. The lowest BCUT2D eigenvalue weighted by Crippen LogP contribution is -2.30. The monoisotopic (exact) mass is 1000 g/mol. The number of ether oxygens (including phenoxy) is 3. The highest BCUT2D eigenvalue weighted by atomic mass is 16.6. The third-order valence-corrected chi connectivity index (χ3v) is 12.8. The number of carbonyl (C=O) groups is 3. The standard InChI is InChI=1S/C66H112O6/c1-4-7-10-13-16-19-22-24-26-28-30-32-33-35-36-38-40-42-44-47-50-53-56-59-65(68)71-62-63(61-70-64(67)58-55-52-49-46-21-18-15-12-9-6-3)72-66(69)60-57-54-51-48-45-43-41-39-37-34-31-29-27-25-23-20-17-14-11-8-5-2/h7,10,16,19,23-26,29-32,35-36,40,42,63H,4-6,8-9,11-15,17-18,20-22,27-28,33-34,37-39,41,43-62H2,1-3H3/b10-7-,19-16-,25-23-,26-24-,31-29-,32-30-,36-35-,42-40-. The average molecular weight is 1000 g/mol. The Kier molecular flexibility index (Phi) is 56.8. The van der Waals surface area contributed by atoms with Crippen LogP contribution in [0, 0.1) is 0 Å². The Hall–Kier alpha value is -3.67. The van der Waals surface area contributed by atoms with Gasteiger partial charge in [-0.3, -0.25) is 14.4 Å². The summed E-state index contributed by atoms with van der Waals surface area (Å²) in [6, 6.07) is 0. The molecule has 0 heterocycles. The van der Waals surface area contributed by atoms with Crippen LogP contribution in [0.25, 0.3) is 0 Å². The lowest BCUT2D eigenvalue weighted by atomic mass is 10.1. The molecule has 0 aromatic carbocycles. The zero-order valence-electron chi connectivity index (χ0n) is 47.2. The predicted molar refractivity (Wildman–Crippen MR) is 311 cm³/mol. The first-order valence-electron chi connectivity index (χ1n) is 30.2. The van der Waals surface area contributed by atoms with E-state index in [9.17, 15) is 14.4 Å². The van der Waals surface area contributed by atoms with E-state index in [1.165, 1.54) is 128 Å². The van der Waals surface area contributed by atoms with Crippen LogP contribution in [0.3, 0.4) is 0 Å². The van der Waals surface area contributed by atoms with Crippen LogP contribution in [-0.4, -0.2) is 37.2 Å². The smallest absolute Gasteiger partial charge is 0.306 e. The third-order valence-electron chi connectivity index (χ3n) is 12.8. The van der Waals surface area contributed by atoms with Gasteiger partial charge in [-0.25, -0.2) is 0 Å². The van der Waals surface area contributed by atoms with E-state index in [4.69, 9.17) is 14.2 Å². The van der Waals surface area contributed by atoms with E-state index in [2.05, 4.69) is 118 Å². The molecule has 0 N–H and O–H groups in total. The largest absolute Gasteiger partial charge is 0.462 e. The van der Waals surface area contributed by atoms with Crippen molar-refractivity contribution in [1.82, 2.24) is 0 Å². The van der Waals surface area contributed by atoms with Crippen molar-refractivity contribution in [2.24, 2.45) is 0 Å². The first-order chi connectivity index (χ1) is 35.5. The molecule has 0 saturated carbocycles. The molecule has 0 saturated heterocycles. The Morgan fingerprint density at radius 3 is 0.847 bits per heavy atom. The van der Waals surface area contributed by atoms with Crippen LogP contribution in [-0.2, 0) is 28.6 Å². The fourth-order valence-electron chi connectivity index (χ4n) is 8.30. The predicted octanol–water partition coefficient (Wildman–Crippen LogP) is 20.5. The molecule has 0 radical (unpaired) electrons. The molecule has 6 heteroatoms. The minimum Gasteiger partial charge on any atom is -0.462 e. The van der Waals surface area contributed by atoms with Gasteiger partial charge in [-0.05, 0) is 103 Å². The van der Waals surface area contributed by atoms with Gasteiger partial charge in [0.1, 0.15) is 13.2 Å². The SMILES string of the molecule is CC/C=C\C/C=C\C/C=C\C/C=C\C/C=C\C/C=C\CCCCCCC(=O)OCC(COC(=O)CCCCCCCCCCCC)OC(=O)CCCCCCCCCCC/C=C\C/C=C\CCCCCCC. The quantitative estimate of drug-likeness (QED) is 0.0261. The van der Waals surface area contributed by atoms with E-state index < -0.39 is 6.10 Å². The summed E-state index contributed by atoms with van der Waals surface area (Å²) in [6.07, 6.45) is 79.7. The molecule has 0 fully saturated rings. The van der Waals surface area contributed by atoms with Crippen LogP contribution in [0.2, 0.25) is 0 Å². The molecule has 0 aromatic heterocycles. The van der Waals surface area contributed by atoms with Crippen molar-refractivity contribution in [3.63, 3.8) is 0 Å². The second kappa shape index (κ2) is 59.9. The van der Waals surface area contributed by atoms with Crippen molar-refractivity contribution in [1.29, 1.82) is 0 Å². The maximum atomic E-state index is 12.9. The summed E-state index contributed by atoms with van der Waals surface area (Å²) in [7, 11) is 0. The van der Waals surface area contributed by atoms with Crippen LogP contribution in [0.15, 0.2) is 97.2 Å². The highest BCUT2D eigenvalue weighted by Crippen LogP contribution is 2.15. The number of esters is 3. The van der Waals surface area contributed by atoms with Crippen LogP contribution in [0.1, 0.15) is 284 Å². The maximum Gasteiger partial charge on any atom is 0.306 e. The van der Waals surface area contributed by atoms with E-state index >= 15 is 0 Å². The summed E-state index contributed by atoms with van der Waals surface area (Å²) in [5.74, 6) is -0.912. The second-order valence-corrected chi connectivity index (χ2v) is 19.9. The normalized spacial score (nSPS) is 12.8. The third kappa shape index (κ3) is 57.2. The Labute approximate surface area is 445 Å². The van der Waals surface area contributed by atoms with Crippen LogP contribution >= 0.6 is 0 Å². The molecule has 0 aromatic rings. The van der Waals surface area contributed by atoms with Crippen molar-refractivity contribution in [2.45, 2.75) is 290 Å². The Morgan fingerprint density at radius 2 is 0.542 bits per heavy atom. The zero-order chi connectivity index (χ0) is 52.2. The van der Waals surface area contributed by atoms with Gasteiger partial charge in [-0.1, -0.05) is 259 Å². The van der Waals surface area contributed by atoms with Crippen molar-refractivity contribution in [3.8, 4) is 0 Å². The summed E-state index contributed by atoms with van der Waals surface area (Å²) in [4.78, 5) is 38.2. The minimum absolute atomic E-state index is 0.0862. The molecule has 0 amide bonds. The van der Waals surface area contributed by atoms with Gasteiger partial charge in [0.2, 0.25) is 0 Å². The number of hydrogen-bond donors (Lipinski definition) is 0. The van der Waals surface area contributed by atoms with E-state index in [0.29, 0.717) is 19.3 Å². The molecule has 0 rings (SSSR count). The van der Waals surface area contributed by atoms with Crippen LogP contribution in [0.4, 0.5) is 0 Å². The lowest BCUT2D eigenvalue weighted by Gasteiger charge is -2.18. The number of allylic oxidation sites excluding steroid dienone is 16. The fraction of sp³-hybridized carbons (Fsp3) is 0.712. The topological polar surface area (TPSA) is 78.9 Å². The Bertz CT molecular complexity index is 1430. The number of hydrogen-bond acceptors (Lipinski definition) is 6. The molecule has 412 valence electrons. The lowest BCUT2D eigenvalue weighted by molar-refractivity contribution is -0.167. The summed E-state index contributed by atoms with van der Waals surface area (Å²) >= 11 is 0. The summed E-state index contributed by atoms with van der Waals surface area (Å²) in [5.41, 5.74) is 0. The van der Waals surface area contributed by atoms with Gasteiger partial charge in [-0.15, -0.1) is 0 Å². The van der Waals surface area contributed by atoms with Gasteiger partial charge < -0.3 is 14.2 Å². The minimum atomic E-state index is -0.790. The van der Waals surface area contributed by atoms with Crippen LogP contribution < -0.4 is 0 Å². The van der Waals surface area contributed by atoms with Gasteiger partial charge in [0.05, 0.1) is 0 Å².